The third kappa shape index (κ3) is 1.59. The first-order chi connectivity index (χ1) is 7.75. The Labute approximate surface area is 98.3 Å². The van der Waals surface area contributed by atoms with Crippen LogP contribution < -0.4 is 0 Å². The highest BCUT2D eigenvalue weighted by Gasteiger charge is 2.30. The van der Waals surface area contributed by atoms with Crippen LogP contribution in [0.1, 0.15) is 30.3 Å². The second-order valence-electron chi connectivity index (χ2n) is 4.09. The molecule has 1 saturated carbocycles. The number of aromatic nitrogens is 4. The van der Waals surface area contributed by atoms with Gasteiger partial charge in [0.05, 0.1) is 11.9 Å². The van der Waals surface area contributed by atoms with Crippen molar-refractivity contribution in [2.45, 2.75) is 25.7 Å². The van der Waals surface area contributed by atoms with Crippen molar-refractivity contribution in [1.29, 1.82) is 0 Å². The molecule has 1 aliphatic rings. The second-order valence-corrected chi connectivity index (χ2v) is 4.43. The Kier molecular flexibility index (Phi) is 2.17. The molecule has 2 heterocycles. The molecular formula is C11H11ClN4. The van der Waals surface area contributed by atoms with E-state index in [2.05, 4.69) is 15.2 Å². The lowest BCUT2D eigenvalue weighted by Crippen LogP contribution is -2.01. The maximum absolute atomic E-state index is 6.05. The Morgan fingerprint density at radius 3 is 2.75 bits per heavy atom. The molecule has 0 atom stereocenters. The van der Waals surface area contributed by atoms with Crippen LogP contribution in [0.4, 0.5) is 0 Å². The lowest BCUT2D eigenvalue weighted by molar-refractivity contribution is 0.867. The van der Waals surface area contributed by atoms with E-state index >= 15 is 0 Å². The summed E-state index contributed by atoms with van der Waals surface area (Å²) in [6.45, 7) is 1.96. The maximum Gasteiger partial charge on any atom is 0.229 e. The molecule has 82 valence electrons. The molecule has 0 spiro atoms. The van der Waals surface area contributed by atoms with E-state index in [0.29, 0.717) is 11.2 Å². The van der Waals surface area contributed by atoms with Gasteiger partial charge < -0.3 is 0 Å². The predicted molar refractivity (Wildman–Crippen MR) is 60.9 cm³/mol. The fourth-order valence-electron chi connectivity index (χ4n) is 1.71. The Balaban J connectivity index is 2.10. The molecule has 3 rings (SSSR count). The van der Waals surface area contributed by atoms with Crippen molar-refractivity contribution in [3.63, 3.8) is 0 Å². The molecular weight excluding hydrogens is 224 g/mol. The molecule has 16 heavy (non-hydrogen) atoms. The number of pyridine rings is 1. The van der Waals surface area contributed by atoms with Crippen LogP contribution in [0.3, 0.4) is 0 Å². The van der Waals surface area contributed by atoms with Crippen molar-refractivity contribution in [2.75, 3.05) is 0 Å². The highest BCUT2D eigenvalue weighted by atomic mass is 35.5. The van der Waals surface area contributed by atoms with Gasteiger partial charge >= 0.3 is 0 Å². The highest BCUT2D eigenvalue weighted by Crippen LogP contribution is 2.40. The third-order valence-corrected chi connectivity index (χ3v) is 2.99. The number of hydrogen-bond donors (Lipinski definition) is 0. The third-order valence-electron chi connectivity index (χ3n) is 2.75. The van der Waals surface area contributed by atoms with Crippen molar-refractivity contribution >= 4 is 11.6 Å². The van der Waals surface area contributed by atoms with Crippen LogP contribution in [-0.2, 0) is 0 Å². The summed E-state index contributed by atoms with van der Waals surface area (Å²) in [6, 6.07) is 3.95. The van der Waals surface area contributed by atoms with Gasteiger partial charge in [-0.15, -0.1) is 10.2 Å². The molecule has 0 radical (unpaired) electrons. The zero-order chi connectivity index (χ0) is 11.1. The van der Waals surface area contributed by atoms with Crippen LogP contribution in [0, 0.1) is 6.92 Å². The van der Waals surface area contributed by atoms with Gasteiger partial charge in [0.1, 0.15) is 5.82 Å². The van der Waals surface area contributed by atoms with Crippen LogP contribution in [0.2, 0.25) is 5.28 Å². The first-order valence-electron chi connectivity index (χ1n) is 5.29. The molecule has 0 bridgehead atoms. The molecule has 4 nitrogen and oxygen atoms in total. The average Bonchev–Trinajstić information content (AvgIpc) is 3.05. The van der Waals surface area contributed by atoms with Crippen molar-refractivity contribution in [2.24, 2.45) is 0 Å². The average molecular weight is 235 g/mol. The molecule has 2 aromatic rings. The summed E-state index contributed by atoms with van der Waals surface area (Å²) in [7, 11) is 0. The van der Waals surface area contributed by atoms with E-state index in [4.69, 9.17) is 11.6 Å². The molecule has 0 unspecified atom stereocenters. The van der Waals surface area contributed by atoms with Crippen molar-refractivity contribution in [3.05, 3.63) is 35.1 Å². The van der Waals surface area contributed by atoms with Gasteiger partial charge in [0.25, 0.3) is 0 Å². The Morgan fingerprint density at radius 2 is 2.12 bits per heavy atom. The van der Waals surface area contributed by atoms with E-state index in [-0.39, 0.29) is 0 Å². The normalized spacial score (nSPS) is 15.4. The standard InChI is InChI=1S/C11H11ClN4/c1-7-2-5-9(6-13-7)16-10(8-3-4-8)14-15-11(16)12/h2,5-6,8H,3-4H2,1H3. The predicted octanol–water partition coefficient (Wildman–Crippen LogP) is 2.50. The fourth-order valence-corrected chi connectivity index (χ4v) is 1.94. The zero-order valence-corrected chi connectivity index (χ0v) is 9.65. The quantitative estimate of drug-likeness (QED) is 0.802. The SMILES string of the molecule is Cc1ccc(-n2c(Cl)nnc2C2CC2)cn1. The lowest BCUT2D eigenvalue weighted by atomic mass is 10.3. The monoisotopic (exact) mass is 234 g/mol. The summed E-state index contributed by atoms with van der Waals surface area (Å²) >= 11 is 6.05. The van der Waals surface area contributed by atoms with Gasteiger partial charge in [-0.25, -0.2) is 0 Å². The first kappa shape index (κ1) is 9.78. The Hall–Kier alpha value is -1.42. The minimum absolute atomic E-state index is 0.410. The Bertz CT molecular complexity index is 513. The molecule has 0 aliphatic heterocycles. The molecule has 0 amide bonds. The zero-order valence-electron chi connectivity index (χ0n) is 8.89. The van der Waals surface area contributed by atoms with Crippen LogP contribution in [-0.4, -0.2) is 19.7 Å². The van der Waals surface area contributed by atoms with E-state index in [1.54, 1.807) is 6.20 Å². The lowest BCUT2D eigenvalue weighted by Gasteiger charge is -2.06. The van der Waals surface area contributed by atoms with Crippen molar-refractivity contribution < 1.29 is 0 Å². The summed E-state index contributed by atoms with van der Waals surface area (Å²) in [4.78, 5) is 4.26. The molecule has 0 saturated heterocycles. The van der Waals surface area contributed by atoms with Gasteiger partial charge in [-0.3, -0.25) is 9.55 Å². The molecule has 5 heteroatoms. The maximum atomic E-state index is 6.05. The van der Waals surface area contributed by atoms with E-state index in [0.717, 1.165) is 17.2 Å². The Morgan fingerprint density at radius 1 is 1.31 bits per heavy atom. The number of nitrogens with zero attached hydrogens (tertiary/aromatic N) is 4. The molecule has 2 aromatic heterocycles. The minimum atomic E-state index is 0.410. The minimum Gasteiger partial charge on any atom is -0.268 e. The van der Waals surface area contributed by atoms with Crippen molar-refractivity contribution in [1.82, 2.24) is 19.7 Å². The van der Waals surface area contributed by atoms with Gasteiger partial charge in [0.15, 0.2) is 0 Å². The van der Waals surface area contributed by atoms with E-state index < -0.39 is 0 Å². The molecule has 0 aromatic carbocycles. The number of halogens is 1. The van der Waals surface area contributed by atoms with Gasteiger partial charge in [-0.05, 0) is 43.5 Å². The summed E-state index contributed by atoms with van der Waals surface area (Å²) in [5.74, 6) is 1.47. The summed E-state index contributed by atoms with van der Waals surface area (Å²) in [5, 5.41) is 8.47. The largest absolute Gasteiger partial charge is 0.268 e. The van der Waals surface area contributed by atoms with E-state index in [1.165, 1.54) is 12.8 Å². The summed E-state index contributed by atoms with van der Waals surface area (Å²) in [6.07, 6.45) is 4.15. The van der Waals surface area contributed by atoms with Gasteiger partial charge in [-0.2, -0.15) is 0 Å². The summed E-state index contributed by atoms with van der Waals surface area (Å²) < 4.78 is 1.88. The van der Waals surface area contributed by atoms with Gasteiger partial charge in [0, 0.05) is 11.6 Å². The van der Waals surface area contributed by atoms with Crippen molar-refractivity contribution in [3.8, 4) is 5.69 Å². The van der Waals surface area contributed by atoms with Gasteiger partial charge in [0.2, 0.25) is 5.28 Å². The van der Waals surface area contributed by atoms with Crippen LogP contribution >= 0.6 is 11.6 Å². The highest BCUT2D eigenvalue weighted by molar-refractivity contribution is 6.28. The topological polar surface area (TPSA) is 43.6 Å². The number of rotatable bonds is 2. The van der Waals surface area contributed by atoms with E-state index in [9.17, 15) is 0 Å². The van der Waals surface area contributed by atoms with Crippen LogP contribution in [0.25, 0.3) is 5.69 Å². The number of aryl methyl sites for hydroxylation is 1. The number of hydrogen-bond acceptors (Lipinski definition) is 3. The second kappa shape index (κ2) is 3.56. The van der Waals surface area contributed by atoms with Gasteiger partial charge in [-0.1, -0.05) is 0 Å². The van der Waals surface area contributed by atoms with E-state index in [1.807, 2.05) is 23.6 Å². The molecule has 1 aliphatic carbocycles. The first-order valence-corrected chi connectivity index (χ1v) is 5.67. The van der Waals surface area contributed by atoms with Crippen LogP contribution in [0.15, 0.2) is 18.3 Å². The summed E-state index contributed by atoms with van der Waals surface area (Å²) in [5.41, 5.74) is 1.92. The fraction of sp³-hybridized carbons (Fsp3) is 0.364. The molecule has 1 fully saturated rings. The smallest absolute Gasteiger partial charge is 0.229 e. The molecule has 0 N–H and O–H groups in total. The van der Waals surface area contributed by atoms with Crippen LogP contribution in [0.5, 0.6) is 0 Å².